The first-order valence-electron chi connectivity index (χ1n) is 6.39. The van der Waals surface area contributed by atoms with E-state index < -0.39 is 0 Å². The average Bonchev–Trinajstić information content (AvgIpc) is 2.57. The van der Waals surface area contributed by atoms with Gasteiger partial charge >= 0.3 is 0 Å². The largest absolute Gasteiger partial charge is 0.324 e. The monoisotopic (exact) mass is 236 g/mol. The van der Waals surface area contributed by atoms with Crippen LogP contribution < -0.4 is 5.73 Å². The van der Waals surface area contributed by atoms with E-state index in [0.717, 1.165) is 11.6 Å². The lowest BCUT2D eigenvalue weighted by Crippen LogP contribution is -2.13. The van der Waals surface area contributed by atoms with Gasteiger partial charge in [0.05, 0.1) is 6.54 Å². The van der Waals surface area contributed by atoms with Gasteiger partial charge in [0.1, 0.15) is 11.6 Å². The maximum atomic E-state index is 5.73. The lowest BCUT2D eigenvalue weighted by Gasteiger charge is -2.14. The molecule has 0 radical (unpaired) electrons. The molecule has 0 aliphatic heterocycles. The molecule has 1 fully saturated rings. The van der Waals surface area contributed by atoms with Crippen LogP contribution in [0.4, 0.5) is 0 Å². The molecular weight excluding hydrogens is 212 g/mol. The van der Waals surface area contributed by atoms with Gasteiger partial charge in [0.2, 0.25) is 0 Å². The summed E-state index contributed by atoms with van der Waals surface area (Å²) in [7, 11) is 0. The Labute approximate surface area is 104 Å². The van der Waals surface area contributed by atoms with E-state index in [0.29, 0.717) is 29.3 Å². The highest BCUT2D eigenvalue weighted by molar-refractivity contribution is 5.27. The minimum absolute atomic E-state index is 0.290. The summed E-state index contributed by atoms with van der Waals surface area (Å²) in [6.45, 7) is 14.0. The summed E-state index contributed by atoms with van der Waals surface area (Å²) in [5, 5.41) is 8.63. The number of hydrogen-bond donors (Lipinski definition) is 1. The van der Waals surface area contributed by atoms with Crippen molar-refractivity contribution in [3.63, 3.8) is 0 Å². The molecule has 1 saturated carbocycles. The molecule has 0 bridgehead atoms. The van der Waals surface area contributed by atoms with Gasteiger partial charge in [-0.15, -0.1) is 10.2 Å². The van der Waals surface area contributed by atoms with Gasteiger partial charge in [0.25, 0.3) is 0 Å². The molecule has 0 amide bonds. The predicted molar refractivity (Wildman–Crippen MR) is 68.6 cm³/mol. The molecule has 2 N–H and O–H groups in total. The van der Waals surface area contributed by atoms with Gasteiger partial charge in [-0.3, -0.25) is 0 Å². The Morgan fingerprint density at radius 1 is 1.18 bits per heavy atom. The minimum atomic E-state index is 0.290. The van der Waals surface area contributed by atoms with E-state index in [-0.39, 0.29) is 0 Å². The molecule has 0 saturated heterocycles. The summed E-state index contributed by atoms with van der Waals surface area (Å²) in [4.78, 5) is 0. The fourth-order valence-corrected chi connectivity index (χ4v) is 3.08. The standard InChI is InChI=1S/C13H24N4/c1-8(2)17-9(7-14)15-16-11(17)10-12(3,4)13(10,5)6/h8,10H,7,14H2,1-6H3. The zero-order chi connectivity index (χ0) is 13.0. The third kappa shape index (κ3) is 1.53. The molecule has 0 atom stereocenters. The molecule has 4 heteroatoms. The number of aromatic nitrogens is 3. The van der Waals surface area contributed by atoms with Crippen molar-refractivity contribution in [1.29, 1.82) is 0 Å². The molecule has 1 aliphatic rings. The normalized spacial score (nSPS) is 22.1. The van der Waals surface area contributed by atoms with Gasteiger partial charge in [-0.1, -0.05) is 27.7 Å². The molecule has 17 heavy (non-hydrogen) atoms. The molecule has 0 unspecified atom stereocenters. The zero-order valence-electron chi connectivity index (χ0n) is 11.8. The van der Waals surface area contributed by atoms with Gasteiger partial charge in [0, 0.05) is 12.0 Å². The van der Waals surface area contributed by atoms with Crippen LogP contribution in [-0.2, 0) is 6.54 Å². The number of rotatable bonds is 3. The van der Waals surface area contributed by atoms with Crippen molar-refractivity contribution in [3.8, 4) is 0 Å². The van der Waals surface area contributed by atoms with Crippen LogP contribution in [0.2, 0.25) is 0 Å². The Kier molecular flexibility index (Phi) is 2.62. The SMILES string of the molecule is CC(C)n1c(CN)nnc1C1C(C)(C)C1(C)C. The third-order valence-electron chi connectivity index (χ3n) is 4.77. The molecule has 2 rings (SSSR count). The van der Waals surface area contributed by atoms with Crippen molar-refractivity contribution >= 4 is 0 Å². The number of hydrogen-bond acceptors (Lipinski definition) is 3. The first-order valence-corrected chi connectivity index (χ1v) is 6.39. The highest BCUT2D eigenvalue weighted by Crippen LogP contribution is 2.73. The van der Waals surface area contributed by atoms with E-state index in [1.54, 1.807) is 0 Å². The molecular formula is C13H24N4. The van der Waals surface area contributed by atoms with Crippen molar-refractivity contribution in [2.45, 2.75) is 60.0 Å². The van der Waals surface area contributed by atoms with Crippen LogP contribution in [0, 0.1) is 10.8 Å². The van der Waals surface area contributed by atoms with Gasteiger partial charge < -0.3 is 10.3 Å². The van der Waals surface area contributed by atoms with Gasteiger partial charge in [-0.25, -0.2) is 0 Å². The summed E-state index contributed by atoms with van der Waals surface area (Å²) in [6, 6.07) is 0.366. The maximum absolute atomic E-state index is 5.73. The van der Waals surface area contributed by atoms with Crippen LogP contribution in [0.25, 0.3) is 0 Å². The Morgan fingerprint density at radius 3 is 2.06 bits per heavy atom. The second-order valence-electron chi connectivity index (χ2n) is 6.52. The van der Waals surface area contributed by atoms with E-state index >= 15 is 0 Å². The molecule has 0 aromatic carbocycles. The quantitative estimate of drug-likeness (QED) is 0.877. The lowest BCUT2D eigenvalue weighted by atomic mass is 10.0. The summed E-state index contributed by atoms with van der Waals surface area (Å²) in [6.07, 6.45) is 0. The average molecular weight is 236 g/mol. The third-order valence-corrected chi connectivity index (χ3v) is 4.77. The van der Waals surface area contributed by atoms with Crippen LogP contribution in [0.5, 0.6) is 0 Å². The highest BCUT2D eigenvalue weighted by atomic mass is 15.3. The number of nitrogens with zero attached hydrogens (tertiary/aromatic N) is 3. The van der Waals surface area contributed by atoms with E-state index in [9.17, 15) is 0 Å². The van der Waals surface area contributed by atoms with Crippen LogP contribution in [0.15, 0.2) is 0 Å². The van der Waals surface area contributed by atoms with Crippen molar-refractivity contribution < 1.29 is 0 Å². The lowest BCUT2D eigenvalue weighted by molar-refractivity contribution is 0.457. The Balaban J connectivity index is 2.45. The molecule has 4 nitrogen and oxygen atoms in total. The fourth-order valence-electron chi connectivity index (χ4n) is 3.08. The molecule has 1 aromatic rings. The van der Waals surface area contributed by atoms with Crippen molar-refractivity contribution in [3.05, 3.63) is 11.6 Å². The van der Waals surface area contributed by atoms with Crippen LogP contribution >= 0.6 is 0 Å². The Bertz CT molecular complexity index is 415. The van der Waals surface area contributed by atoms with Crippen LogP contribution in [0.1, 0.15) is 65.2 Å². The van der Waals surface area contributed by atoms with E-state index in [2.05, 4.69) is 56.3 Å². The van der Waals surface area contributed by atoms with E-state index in [4.69, 9.17) is 5.73 Å². The van der Waals surface area contributed by atoms with Gasteiger partial charge in [-0.05, 0) is 24.7 Å². The Hall–Kier alpha value is -0.900. The second-order valence-corrected chi connectivity index (χ2v) is 6.52. The molecule has 1 aromatic heterocycles. The number of nitrogens with two attached hydrogens (primary N) is 1. The summed E-state index contributed by atoms with van der Waals surface area (Å²) < 4.78 is 2.21. The predicted octanol–water partition coefficient (Wildman–Crippen LogP) is 2.47. The molecule has 0 spiro atoms. The van der Waals surface area contributed by atoms with Crippen molar-refractivity contribution in [1.82, 2.24) is 14.8 Å². The summed E-state index contributed by atoms with van der Waals surface area (Å²) in [5.74, 6) is 2.48. The minimum Gasteiger partial charge on any atom is -0.324 e. The topological polar surface area (TPSA) is 56.7 Å². The fraction of sp³-hybridized carbons (Fsp3) is 0.846. The second kappa shape index (κ2) is 3.55. The first-order chi connectivity index (χ1) is 7.75. The smallest absolute Gasteiger partial charge is 0.147 e. The van der Waals surface area contributed by atoms with Gasteiger partial charge in [-0.2, -0.15) is 0 Å². The maximum Gasteiger partial charge on any atom is 0.147 e. The Morgan fingerprint density at radius 2 is 1.71 bits per heavy atom. The van der Waals surface area contributed by atoms with Crippen molar-refractivity contribution in [2.24, 2.45) is 16.6 Å². The summed E-state index contributed by atoms with van der Waals surface area (Å²) >= 11 is 0. The van der Waals surface area contributed by atoms with Crippen LogP contribution in [-0.4, -0.2) is 14.8 Å². The van der Waals surface area contributed by atoms with Crippen molar-refractivity contribution in [2.75, 3.05) is 0 Å². The molecule has 1 heterocycles. The first kappa shape index (κ1) is 12.6. The van der Waals surface area contributed by atoms with Crippen LogP contribution in [0.3, 0.4) is 0 Å². The summed E-state index contributed by atoms with van der Waals surface area (Å²) in [5.41, 5.74) is 6.31. The van der Waals surface area contributed by atoms with E-state index in [1.165, 1.54) is 0 Å². The van der Waals surface area contributed by atoms with Gasteiger partial charge in [0.15, 0.2) is 0 Å². The zero-order valence-corrected chi connectivity index (χ0v) is 11.8. The van der Waals surface area contributed by atoms with E-state index in [1.807, 2.05) is 0 Å². The molecule has 1 aliphatic carbocycles. The highest BCUT2D eigenvalue weighted by Gasteiger charge is 2.67. The molecule has 96 valence electrons.